The minimum absolute atomic E-state index is 0.220. The summed E-state index contributed by atoms with van der Waals surface area (Å²) in [5.41, 5.74) is 0.854. The molecule has 5 heteroatoms. The molecule has 1 fully saturated rings. The summed E-state index contributed by atoms with van der Waals surface area (Å²) in [4.78, 5) is 24.0. The zero-order valence-corrected chi connectivity index (χ0v) is 13.1. The molecule has 2 N–H and O–H groups in total. The second kappa shape index (κ2) is 8.41. The van der Waals surface area contributed by atoms with Gasteiger partial charge >= 0.3 is 12.0 Å². The summed E-state index contributed by atoms with van der Waals surface area (Å²) in [6, 6.07) is 6.85. The number of amides is 2. The highest BCUT2D eigenvalue weighted by Gasteiger charge is 2.17. The highest BCUT2D eigenvalue weighted by molar-refractivity contribution is 6.00. The van der Waals surface area contributed by atoms with Crippen molar-refractivity contribution in [1.29, 1.82) is 0 Å². The van der Waals surface area contributed by atoms with Crippen LogP contribution in [0.4, 0.5) is 10.5 Å². The van der Waals surface area contributed by atoms with Gasteiger partial charge in [-0.15, -0.1) is 0 Å². The number of hydrogen-bond acceptors (Lipinski definition) is 3. The molecule has 0 aliphatic heterocycles. The number of esters is 1. The van der Waals surface area contributed by atoms with Crippen LogP contribution in [0.1, 0.15) is 55.8 Å². The van der Waals surface area contributed by atoms with E-state index in [-0.39, 0.29) is 12.1 Å². The van der Waals surface area contributed by atoms with Gasteiger partial charge in [0.05, 0.1) is 17.9 Å². The molecule has 0 bridgehead atoms. The van der Waals surface area contributed by atoms with Crippen molar-refractivity contribution in [3.8, 4) is 0 Å². The van der Waals surface area contributed by atoms with Crippen molar-refractivity contribution in [3.63, 3.8) is 0 Å². The maximum Gasteiger partial charge on any atom is 0.340 e. The van der Waals surface area contributed by atoms with Crippen molar-refractivity contribution in [2.45, 2.75) is 51.5 Å². The number of benzene rings is 1. The Labute approximate surface area is 131 Å². The molecule has 22 heavy (non-hydrogen) atoms. The Kier molecular flexibility index (Phi) is 6.25. The van der Waals surface area contributed by atoms with Crippen LogP contribution in [-0.2, 0) is 4.74 Å². The molecule has 0 saturated heterocycles. The molecule has 2 amide bonds. The van der Waals surface area contributed by atoms with Gasteiger partial charge in [0, 0.05) is 6.04 Å². The smallest absolute Gasteiger partial charge is 0.340 e. The molecule has 0 spiro atoms. The lowest BCUT2D eigenvalue weighted by atomic mass is 10.1. The number of carbonyl (C=O) groups excluding carboxylic acids is 2. The van der Waals surface area contributed by atoms with E-state index >= 15 is 0 Å². The van der Waals surface area contributed by atoms with Gasteiger partial charge in [-0.2, -0.15) is 0 Å². The van der Waals surface area contributed by atoms with Gasteiger partial charge in [-0.25, -0.2) is 9.59 Å². The minimum atomic E-state index is -0.423. The van der Waals surface area contributed by atoms with E-state index in [1.165, 1.54) is 12.8 Å². The second-order valence-corrected chi connectivity index (χ2v) is 5.55. The van der Waals surface area contributed by atoms with Crippen LogP contribution in [-0.4, -0.2) is 24.6 Å². The lowest BCUT2D eigenvalue weighted by Gasteiger charge is -2.17. The van der Waals surface area contributed by atoms with Crippen LogP contribution in [0.15, 0.2) is 24.3 Å². The first-order valence-corrected chi connectivity index (χ1v) is 8.04. The molecule has 5 nitrogen and oxygen atoms in total. The quantitative estimate of drug-likeness (QED) is 0.658. The van der Waals surface area contributed by atoms with Crippen LogP contribution >= 0.6 is 0 Å². The maximum atomic E-state index is 12.2. The van der Waals surface area contributed by atoms with E-state index in [9.17, 15) is 9.59 Å². The monoisotopic (exact) mass is 304 g/mol. The number of para-hydroxylation sites is 1. The third-order valence-electron chi connectivity index (χ3n) is 3.86. The minimum Gasteiger partial charge on any atom is -0.462 e. The largest absolute Gasteiger partial charge is 0.462 e. The van der Waals surface area contributed by atoms with Crippen LogP contribution in [0.5, 0.6) is 0 Å². The van der Waals surface area contributed by atoms with Gasteiger partial charge in [0.2, 0.25) is 0 Å². The van der Waals surface area contributed by atoms with Gasteiger partial charge in [0.15, 0.2) is 0 Å². The fourth-order valence-corrected chi connectivity index (χ4v) is 2.75. The zero-order valence-electron chi connectivity index (χ0n) is 13.1. The molecular weight excluding hydrogens is 280 g/mol. The van der Waals surface area contributed by atoms with Gasteiger partial charge in [0.1, 0.15) is 0 Å². The van der Waals surface area contributed by atoms with E-state index in [0.29, 0.717) is 17.9 Å². The molecule has 120 valence electrons. The number of anilines is 1. The van der Waals surface area contributed by atoms with Crippen LogP contribution in [0.25, 0.3) is 0 Å². The fraction of sp³-hybridized carbons (Fsp3) is 0.529. The van der Waals surface area contributed by atoms with Gasteiger partial charge in [-0.1, -0.05) is 37.8 Å². The number of rotatable bonds is 4. The van der Waals surface area contributed by atoms with Gasteiger partial charge < -0.3 is 15.4 Å². The normalized spacial score (nSPS) is 15.7. The van der Waals surface area contributed by atoms with Crippen LogP contribution < -0.4 is 10.6 Å². The number of urea groups is 1. The Morgan fingerprint density at radius 2 is 1.82 bits per heavy atom. The SMILES string of the molecule is CCOC(=O)c1ccccc1NC(=O)NC1CCCCCC1. The fourth-order valence-electron chi connectivity index (χ4n) is 2.75. The van der Waals surface area contributed by atoms with Crippen LogP contribution in [0.3, 0.4) is 0 Å². The maximum absolute atomic E-state index is 12.2. The standard InChI is InChI=1S/C17H24N2O3/c1-2-22-16(20)14-11-7-8-12-15(14)19-17(21)18-13-9-5-3-4-6-10-13/h7-8,11-13H,2-6,9-10H2,1H3,(H2,18,19,21). The van der Waals surface area contributed by atoms with E-state index in [1.54, 1.807) is 31.2 Å². The Hall–Kier alpha value is -2.04. The van der Waals surface area contributed by atoms with Crippen molar-refractivity contribution in [3.05, 3.63) is 29.8 Å². The zero-order chi connectivity index (χ0) is 15.8. The summed E-state index contributed by atoms with van der Waals surface area (Å²) in [6.07, 6.45) is 6.84. The molecule has 0 heterocycles. The first-order valence-electron chi connectivity index (χ1n) is 8.04. The molecule has 2 rings (SSSR count). The Morgan fingerprint density at radius 3 is 2.50 bits per heavy atom. The van der Waals surface area contributed by atoms with Crippen LogP contribution in [0, 0.1) is 0 Å². The average Bonchev–Trinajstić information content (AvgIpc) is 2.76. The third-order valence-corrected chi connectivity index (χ3v) is 3.86. The Morgan fingerprint density at radius 1 is 1.14 bits per heavy atom. The van der Waals surface area contributed by atoms with Gasteiger partial charge in [0.25, 0.3) is 0 Å². The predicted molar refractivity (Wildman–Crippen MR) is 86.0 cm³/mol. The lowest BCUT2D eigenvalue weighted by molar-refractivity contribution is 0.0527. The molecule has 1 aromatic carbocycles. The summed E-state index contributed by atoms with van der Waals surface area (Å²) in [5, 5.41) is 5.77. The summed E-state index contributed by atoms with van der Waals surface area (Å²) < 4.78 is 5.01. The van der Waals surface area contributed by atoms with E-state index in [0.717, 1.165) is 25.7 Å². The van der Waals surface area contributed by atoms with Crippen molar-refractivity contribution < 1.29 is 14.3 Å². The van der Waals surface area contributed by atoms with Crippen molar-refractivity contribution in [1.82, 2.24) is 5.32 Å². The van der Waals surface area contributed by atoms with Gasteiger partial charge in [-0.05, 0) is 31.9 Å². The van der Waals surface area contributed by atoms with Gasteiger partial charge in [-0.3, -0.25) is 0 Å². The van der Waals surface area contributed by atoms with E-state index in [4.69, 9.17) is 4.74 Å². The molecule has 0 aromatic heterocycles. The highest BCUT2D eigenvalue weighted by Crippen LogP contribution is 2.19. The highest BCUT2D eigenvalue weighted by atomic mass is 16.5. The summed E-state index contributed by atoms with van der Waals surface area (Å²) in [7, 11) is 0. The molecule has 1 aliphatic rings. The number of ether oxygens (including phenoxy) is 1. The molecule has 1 aliphatic carbocycles. The van der Waals surface area contributed by atoms with E-state index < -0.39 is 5.97 Å². The van der Waals surface area contributed by atoms with E-state index in [1.807, 2.05) is 0 Å². The van der Waals surface area contributed by atoms with Crippen LogP contribution in [0.2, 0.25) is 0 Å². The summed E-state index contributed by atoms with van der Waals surface area (Å²) in [6.45, 7) is 2.06. The van der Waals surface area contributed by atoms with Crippen molar-refractivity contribution >= 4 is 17.7 Å². The average molecular weight is 304 g/mol. The molecule has 0 atom stereocenters. The Bertz CT molecular complexity index is 508. The van der Waals surface area contributed by atoms with Crippen molar-refractivity contribution in [2.75, 3.05) is 11.9 Å². The number of hydrogen-bond donors (Lipinski definition) is 2. The molecule has 1 saturated carbocycles. The lowest BCUT2D eigenvalue weighted by Crippen LogP contribution is -2.37. The summed E-state index contributed by atoms with van der Waals surface area (Å²) >= 11 is 0. The van der Waals surface area contributed by atoms with E-state index in [2.05, 4.69) is 10.6 Å². The molecule has 1 aromatic rings. The molecule has 0 radical (unpaired) electrons. The molecule has 0 unspecified atom stereocenters. The number of carbonyl (C=O) groups is 2. The molecular formula is C17H24N2O3. The first kappa shape index (κ1) is 16.3. The topological polar surface area (TPSA) is 67.4 Å². The third kappa shape index (κ3) is 4.76. The summed E-state index contributed by atoms with van der Waals surface area (Å²) in [5.74, 6) is -0.423. The predicted octanol–water partition coefficient (Wildman–Crippen LogP) is 3.71. The number of nitrogens with one attached hydrogen (secondary N) is 2. The first-order chi connectivity index (χ1) is 10.7. The Balaban J connectivity index is 1.97. The second-order valence-electron chi connectivity index (χ2n) is 5.55. The van der Waals surface area contributed by atoms with Crippen molar-refractivity contribution in [2.24, 2.45) is 0 Å².